The van der Waals surface area contributed by atoms with Crippen LogP contribution in [-0.4, -0.2) is 60.1 Å². The van der Waals surface area contributed by atoms with Gasteiger partial charge in [0, 0.05) is 55.7 Å². The van der Waals surface area contributed by atoms with Gasteiger partial charge in [0.2, 0.25) is 11.9 Å². The van der Waals surface area contributed by atoms with Crippen molar-refractivity contribution in [1.82, 2.24) is 14.9 Å². The fourth-order valence-corrected chi connectivity index (χ4v) is 6.16. The second kappa shape index (κ2) is 11.7. The van der Waals surface area contributed by atoms with Crippen LogP contribution in [0.2, 0.25) is 0 Å². The Morgan fingerprint density at radius 2 is 1.82 bits per heavy atom. The summed E-state index contributed by atoms with van der Waals surface area (Å²) in [5.41, 5.74) is 11.8. The van der Waals surface area contributed by atoms with Gasteiger partial charge in [-0.2, -0.15) is 0 Å². The van der Waals surface area contributed by atoms with Crippen molar-refractivity contribution in [2.75, 3.05) is 43.5 Å². The van der Waals surface area contributed by atoms with Crippen LogP contribution in [0.4, 0.5) is 17.3 Å². The van der Waals surface area contributed by atoms with Gasteiger partial charge in [-0.1, -0.05) is 26.7 Å². The Bertz CT molecular complexity index is 1150. The molecule has 3 aliphatic rings. The van der Waals surface area contributed by atoms with Gasteiger partial charge in [-0.05, 0) is 67.3 Å². The molecule has 1 saturated heterocycles. The van der Waals surface area contributed by atoms with Crippen molar-refractivity contribution in [3.05, 3.63) is 47.5 Å². The number of carbonyl (C=O) groups is 1. The first-order valence-corrected chi connectivity index (χ1v) is 14.2. The fourth-order valence-electron chi connectivity index (χ4n) is 6.16. The Balaban J connectivity index is 1.22. The summed E-state index contributed by atoms with van der Waals surface area (Å²) in [4.78, 5) is 26.5. The highest BCUT2D eigenvalue weighted by Gasteiger charge is 2.30. The number of piperazine rings is 1. The number of allylic oxidation sites excluding steroid dienone is 2. The molecule has 2 aliphatic carbocycles. The predicted octanol–water partition coefficient (Wildman–Crippen LogP) is 4.74. The van der Waals surface area contributed by atoms with E-state index in [0.29, 0.717) is 30.9 Å². The van der Waals surface area contributed by atoms with Gasteiger partial charge >= 0.3 is 0 Å². The Kier molecular flexibility index (Phi) is 8.17. The van der Waals surface area contributed by atoms with Crippen molar-refractivity contribution in [3.63, 3.8) is 0 Å². The molecule has 0 spiro atoms. The van der Waals surface area contributed by atoms with Gasteiger partial charge in [0.15, 0.2) is 0 Å². The van der Waals surface area contributed by atoms with E-state index >= 15 is 0 Å². The van der Waals surface area contributed by atoms with E-state index in [1.807, 2.05) is 11.1 Å². The molecule has 1 atom stereocenters. The molecule has 2 aromatic rings. The van der Waals surface area contributed by atoms with Gasteiger partial charge in [0.25, 0.3) is 0 Å². The summed E-state index contributed by atoms with van der Waals surface area (Å²) in [7, 11) is 1.79. The first-order valence-electron chi connectivity index (χ1n) is 14.2. The minimum atomic E-state index is -0.399. The molecule has 1 aromatic carbocycles. The minimum absolute atomic E-state index is 0.0755. The summed E-state index contributed by atoms with van der Waals surface area (Å²) in [6.45, 7) is 7.21. The number of nitrogens with zero attached hydrogens (tertiary/aromatic N) is 4. The molecule has 1 aliphatic heterocycles. The molecule has 0 bridgehead atoms. The molecule has 1 unspecified atom stereocenters. The quantitative estimate of drug-likeness (QED) is 0.521. The van der Waals surface area contributed by atoms with Crippen LogP contribution in [0.3, 0.4) is 0 Å². The lowest BCUT2D eigenvalue weighted by Gasteiger charge is -2.37. The van der Waals surface area contributed by atoms with Crippen LogP contribution in [0, 0.1) is 11.8 Å². The highest BCUT2D eigenvalue weighted by molar-refractivity contribution is 5.82. The number of aryl methyl sites for hydroxylation is 1. The van der Waals surface area contributed by atoms with Crippen molar-refractivity contribution in [3.8, 4) is 0 Å². The number of nitrogens with one attached hydrogen (secondary N) is 1. The van der Waals surface area contributed by atoms with E-state index < -0.39 is 6.04 Å². The van der Waals surface area contributed by atoms with E-state index in [9.17, 15) is 4.79 Å². The molecular formula is C30H42N6O2. The van der Waals surface area contributed by atoms with E-state index in [-0.39, 0.29) is 5.91 Å². The summed E-state index contributed by atoms with van der Waals surface area (Å²) in [6.07, 6.45) is 9.54. The fraction of sp³-hybridized carbons (Fsp3) is 0.567. The number of carbonyl (C=O) groups excluding carboxylic acids is 1. The number of hydrogen-bond acceptors (Lipinski definition) is 7. The normalized spacial score (nSPS) is 19.1. The number of nitrogens with two attached hydrogens (primary N) is 1. The van der Waals surface area contributed by atoms with Gasteiger partial charge in [-0.15, -0.1) is 0 Å². The Hall–Kier alpha value is -3.13. The van der Waals surface area contributed by atoms with E-state index in [4.69, 9.17) is 15.5 Å². The van der Waals surface area contributed by atoms with Crippen LogP contribution >= 0.6 is 0 Å². The van der Waals surface area contributed by atoms with Crippen molar-refractivity contribution < 1.29 is 9.53 Å². The van der Waals surface area contributed by atoms with Crippen molar-refractivity contribution in [2.24, 2.45) is 17.6 Å². The molecule has 1 saturated carbocycles. The minimum Gasteiger partial charge on any atom is -0.501 e. The van der Waals surface area contributed by atoms with Gasteiger partial charge in [0.05, 0.1) is 18.8 Å². The molecule has 5 rings (SSSR count). The second-order valence-corrected chi connectivity index (χ2v) is 11.3. The molecule has 1 amide bonds. The summed E-state index contributed by atoms with van der Waals surface area (Å²) in [5.74, 6) is 2.75. The number of hydrogen-bond donors (Lipinski definition) is 2. The van der Waals surface area contributed by atoms with Crippen molar-refractivity contribution >= 4 is 28.8 Å². The zero-order valence-corrected chi connectivity index (χ0v) is 23.1. The number of fused-ring (bicyclic) bond motifs is 1. The summed E-state index contributed by atoms with van der Waals surface area (Å²) < 4.78 is 5.81. The molecular weight excluding hydrogens is 476 g/mol. The van der Waals surface area contributed by atoms with Crippen molar-refractivity contribution in [2.45, 2.75) is 64.8 Å². The molecule has 3 N–H and O–H groups in total. The van der Waals surface area contributed by atoms with E-state index in [1.165, 1.54) is 36.8 Å². The Morgan fingerprint density at radius 1 is 1.11 bits per heavy atom. The number of anilines is 3. The van der Waals surface area contributed by atoms with Crippen molar-refractivity contribution in [1.29, 1.82) is 0 Å². The van der Waals surface area contributed by atoms with Crippen LogP contribution in [0.5, 0.6) is 0 Å². The maximum absolute atomic E-state index is 12.7. The first kappa shape index (κ1) is 26.5. The summed E-state index contributed by atoms with van der Waals surface area (Å²) >= 11 is 0. The monoisotopic (exact) mass is 518 g/mol. The molecule has 2 heterocycles. The highest BCUT2D eigenvalue weighted by atomic mass is 16.5. The van der Waals surface area contributed by atoms with E-state index in [1.54, 1.807) is 7.11 Å². The van der Waals surface area contributed by atoms with Gasteiger partial charge in [0.1, 0.15) is 5.76 Å². The van der Waals surface area contributed by atoms with Gasteiger partial charge in [-0.3, -0.25) is 4.79 Å². The molecule has 2 fully saturated rings. The second-order valence-electron chi connectivity index (χ2n) is 11.3. The Morgan fingerprint density at radius 3 is 2.47 bits per heavy atom. The van der Waals surface area contributed by atoms with Crippen LogP contribution in [0.25, 0.3) is 5.57 Å². The smallest absolute Gasteiger partial charge is 0.239 e. The molecule has 8 nitrogen and oxygen atoms in total. The SMILES string of the molecule is COC1=C(C2CCCC2)c2nc(Nc3ccc(N4CCN(C(=O)C(N)CC(C)C)CC4)cc3)ncc2CC1. The lowest BCUT2D eigenvalue weighted by molar-refractivity contribution is -0.133. The number of ether oxygens (including phenoxy) is 1. The topological polar surface area (TPSA) is 96.6 Å². The van der Waals surface area contributed by atoms with Gasteiger partial charge < -0.3 is 25.6 Å². The maximum atomic E-state index is 12.7. The lowest BCUT2D eigenvalue weighted by atomic mass is 9.85. The molecule has 204 valence electrons. The van der Waals surface area contributed by atoms with Crippen LogP contribution in [-0.2, 0) is 16.0 Å². The average molecular weight is 519 g/mol. The molecule has 38 heavy (non-hydrogen) atoms. The summed E-state index contributed by atoms with van der Waals surface area (Å²) in [5, 5.41) is 3.41. The number of methoxy groups -OCH3 is 1. The standard InChI is InChI=1S/C30H42N6O2/c1-20(2)18-25(31)29(37)36-16-14-35(15-17-36)24-11-9-23(10-12-24)33-30-32-19-22-8-13-26(38-3)27(28(22)34-30)21-6-4-5-7-21/h9-12,19-21,25H,4-8,13-18,31H2,1-3H3,(H,32,33,34). The zero-order valence-electron chi connectivity index (χ0n) is 23.1. The van der Waals surface area contributed by atoms with Crippen LogP contribution in [0.15, 0.2) is 36.2 Å². The number of benzene rings is 1. The first-order chi connectivity index (χ1) is 18.4. The third kappa shape index (κ3) is 5.80. The molecule has 1 aromatic heterocycles. The van der Waals surface area contributed by atoms with Crippen LogP contribution < -0.4 is 16.0 Å². The molecule has 0 radical (unpaired) electrons. The van der Waals surface area contributed by atoms with E-state index in [2.05, 4.69) is 53.3 Å². The number of aromatic nitrogens is 2. The third-order valence-electron chi connectivity index (χ3n) is 8.17. The zero-order chi connectivity index (χ0) is 26.6. The lowest BCUT2D eigenvalue weighted by Crippen LogP contribution is -2.53. The number of amides is 1. The Labute approximate surface area is 226 Å². The summed E-state index contributed by atoms with van der Waals surface area (Å²) in [6, 6.07) is 7.99. The van der Waals surface area contributed by atoms with Gasteiger partial charge in [-0.25, -0.2) is 9.97 Å². The molecule has 8 heteroatoms. The maximum Gasteiger partial charge on any atom is 0.239 e. The highest BCUT2D eigenvalue weighted by Crippen LogP contribution is 2.42. The van der Waals surface area contributed by atoms with E-state index in [0.717, 1.165) is 55.2 Å². The average Bonchev–Trinajstić information content (AvgIpc) is 3.47. The largest absolute Gasteiger partial charge is 0.501 e. The number of rotatable bonds is 8. The third-order valence-corrected chi connectivity index (χ3v) is 8.17. The predicted molar refractivity (Wildman–Crippen MR) is 152 cm³/mol. The van der Waals surface area contributed by atoms with Crippen LogP contribution in [0.1, 0.15) is 63.6 Å².